The molecule has 0 bridgehead atoms. The van der Waals surface area contributed by atoms with Crippen LogP contribution in [0.5, 0.6) is 17.2 Å². The summed E-state index contributed by atoms with van der Waals surface area (Å²) in [4.78, 5) is 12.6. The van der Waals surface area contributed by atoms with Crippen LogP contribution in [0.2, 0.25) is 0 Å². The van der Waals surface area contributed by atoms with Crippen LogP contribution in [0, 0.1) is 11.3 Å². The first kappa shape index (κ1) is 22.3. The van der Waals surface area contributed by atoms with Crippen LogP contribution in [0.15, 0.2) is 46.4 Å². The van der Waals surface area contributed by atoms with Gasteiger partial charge >= 0.3 is 0 Å². The van der Waals surface area contributed by atoms with E-state index in [-0.39, 0.29) is 11.7 Å². The minimum absolute atomic E-state index is 0.0172. The quantitative estimate of drug-likeness (QED) is 0.434. The second-order valence-electron chi connectivity index (χ2n) is 6.29. The Bertz CT molecular complexity index is 948. The second kappa shape index (κ2) is 10.5. The summed E-state index contributed by atoms with van der Waals surface area (Å²) in [5.74, 6) is 1.19. The topological polar surface area (TPSA) is 80.6 Å². The van der Waals surface area contributed by atoms with E-state index in [4.69, 9.17) is 14.2 Å². The smallest absolute Gasteiger partial charge is 0.266 e. The van der Waals surface area contributed by atoms with Gasteiger partial charge in [-0.3, -0.25) is 4.79 Å². The first-order valence-electron chi connectivity index (χ1n) is 9.08. The number of halogens is 1. The van der Waals surface area contributed by atoms with Crippen molar-refractivity contribution in [2.75, 3.05) is 19.0 Å². The van der Waals surface area contributed by atoms with Crippen molar-refractivity contribution in [3.8, 4) is 23.3 Å². The number of methoxy groups -OCH3 is 1. The monoisotopic (exact) mass is 458 g/mol. The van der Waals surface area contributed by atoms with Gasteiger partial charge in [-0.25, -0.2) is 0 Å². The number of carbonyl (C=O) groups is 1. The van der Waals surface area contributed by atoms with Crippen LogP contribution in [0.3, 0.4) is 0 Å². The molecule has 6 nitrogen and oxygen atoms in total. The maximum Gasteiger partial charge on any atom is 0.266 e. The Kier molecular flexibility index (Phi) is 8.10. The summed E-state index contributed by atoms with van der Waals surface area (Å²) in [6, 6.07) is 12.4. The molecule has 2 aromatic rings. The molecule has 0 saturated heterocycles. The molecule has 1 amide bonds. The van der Waals surface area contributed by atoms with Gasteiger partial charge in [0.1, 0.15) is 17.4 Å². The Morgan fingerprint density at radius 3 is 2.69 bits per heavy atom. The van der Waals surface area contributed by atoms with Crippen LogP contribution in [0.25, 0.3) is 6.08 Å². The lowest BCUT2D eigenvalue weighted by Crippen LogP contribution is -2.13. The van der Waals surface area contributed by atoms with Crippen molar-refractivity contribution >= 4 is 33.6 Å². The van der Waals surface area contributed by atoms with Crippen molar-refractivity contribution in [3.05, 3.63) is 52.0 Å². The zero-order valence-electron chi connectivity index (χ0n) is 16.8. The van der Waals surface area contributed by atoms with Crippen molar-refractivity contribution in [2.24, 2.45) is 0 Å². The Morgan fingerprint density at radius 1 is 1.31 bits per heavy atom. The molecule has 152 valence electrons. The van der Waals surface area contributed by atoms with E-state index >= 15 is 0 Å². The van der Waals surface area contributed by atoms with Crippen molar-refractivity contribution in [1.82, 2.24) is 0 Å². The highest BCUT2D eigenvalue weighted by Crippen LogP contribution is 2.37. The summed E-state index contributed by atoms with van der Waals surface area (Å²) in [7, 11) is 1.53. The van der Waals surface area contributed by atoms with Gasteiger partial charge in [-0.2, -0.15) is 5.26 Å². The average molecular weight is 459 g/mol. The van der Waals surface area contributed by atoms with Crippen LogP contribution in [0.4, 0.5) is 5.69 Å². The summed E-state index contributed by atoms with van der Waals surface area (Å²) in [6.45, 7) is 6.20. The van der Waals surface area contributed by atoms with Gasteiger partial charge in [0.15, 0.2) is 11.5 Å². The Labute approximate surface area is 179 Å². The van der Waals surface area contributed by atoms with Crippen molar-refractivity contribution < 1.29 is 19.0 Å². The van der Waals surface area contributed by atoms with E-state index in [1.165, 1.54) is 13.2 Å². The van der Waals surface area contributed by atoms with E-state index in [1.54, 1.807) is 36.4 Å². The van der Waals surface area contributed by atoms with Crippen LogP contribution in [-0.2, 0) is 4.79 Å². The van der Waals surface area contributed by atoms with Gasteiger partial charge in [0, 0.05) is 11.8 Å². The summed E-state index contributed by atoms with van der Waals surface area (Å²) in [5, 5.41) is 12.2. The molecule has 0 radical (unpaired) electrons. The van der Waals surface area contributed by atoms with E-state index in [0.29, 0.717) is 39.6 Å². The highest BCUT2D eigenvalue weighted by Gasteiger charge is 2.14. The van der Waals surface area contributed by atoms with Crippen molar-refractivity contribution in [2.45, 2.75) is 26.9 Å². The highest BCUT2D eigenvalue weighted by molar-refractivity contribution is 9.10. The van der Waals surface area contributed by atoms with E-state index in [0.717, 1.165) is 0 Å². The van der Waals surface area contributed by atoms with Gasteiger partial charge in [-0.15, -0.1) is 0 Å². The highest BCUT2D eigenvalue weighted by atomic mass is 79.9. The number of benzene rings is 2. The van der Waals surface area contributed by atoms with Crippen molar-refractivity contribution in [1.29, 1.82) is 5.26 Å². The molecule has 7 heteroatoms. The fourth-order valence-corrected chi connectivity index (χ4v) is 3.11. The molecular weight excluding hydrogens is 436 g/mol. The summed E-state index contributed by atoms with van der Waals surface area (Å²) >= 11 is 3.44. The normalized spacial score (nSPS) is 11.0. The van der Waals surface area contributed by atoms with Gasteiger partial charge < -0.3 is 19.5 Å². The molecule has 0 aliphatic rings. The third kappa shape index (κ3) is 6.26. The molecule has 0 aliphatic carbocycles. The van der Waals surface area contributed by atoms with E-state index in [2.05, 4.69) is 21.2 Å². The maximum atomic E-state index is 12.6. The third-order valence-corrected chi connectivity index (χ3v) is 4.27. The molecule has 0 fully saturated rings. The largest absolute Gasteiger partial charge is 0.493 e. The minimum Gasteiger partial charge on any atom is -0.493 e. The number of nitrogens with one attached hydrogen (secondary N) is 1. The molecule has 0 heterocycles. The Hall–Kier alpha value is -2.98. The molecule has 1 N–H and O–H groups in total. The minimum atomic E-state index is -0.516. The molecule has 0 saturated carbocycles. The van der Waals surface area contributed by atoms with Crippen molar-refractivity contribution in [3.63, 3.8) is 0 Å². The molecule has 2 aromatic carbocycles. The van der Waals surface area contributed by atoms with E-state index in [1.807, 2.05) is 26.8 Å². The number of carbonyl (C=O) groups excluding carboxylic acids is 1. The zero-order chi connectivity index (χ0) is 21.4. The molecular formula is C22H23BrN2O4. The number of hydrogen-bond donors (Lipinski definition) is 1. The predicted octanol–water partition coefficient (Wildman–Crippen LogP) is 5.19. The van der Waals surface area contributed by atoms with E-state index < -0.39 is 5.91 Å². The Balaban J connectivity index is 2.27. The standard InChI is InChI=1S/C22H23BrN2O4/c1-5-28-21-19(23)10-15(11-20(21)27-4)9-16(13-24)22(26)25-17-7-6-8-18(12-17)29-14(2)3/h6-12,14H,5H2,1-4H3,(H,25,26)/b16-9-. The SMILES string of the molecule is CCOc1c(Br)cc(/C=C(/C#N)C(=O)Nc2cccc(OC(C)C)c2)cc1OC. The third-order valence-electron chi connectivity index (χ3n) is 3.68. The number of hydrogen-bond acceptors (Lipinski definition) is 5. The zero-order valence-corrected chi connectivity index (χ0v) is 18.4. The Morgan fingerprint density at radius 2 is 2.07 bits per heavy atom. The number of nitriles is 1. The lowest BCUT2D eigenvalue weighted by atomic mass is 10.1. The predicted molar refractivity (Wildman–Crippen MR) is 116 cm³/mol. The number of anilines is 1. The number of rotatable bonds is 8. The first-order valence-corrected chi connectivity index (χ1v) is 9.87. The molecule has 0 aromatic heterocycles. The van der Waals surface area contributed by atoms with Gasteiger partial charge in [0.2, 0.25) is 0 Å². The van der Waals surface area contributed by atoms with Crippen LogP contribution >= 0.6 is 15.9 Å². The van der Waals surface area contributed by atoms with Crippen LogP contribution in [-0.4, -0.2) is 25.7 Å². The second-order valence-corrected chi connectivity index (χ2v) is 7.14. The van der Waals surface area contributed by atoms with Crippen LogP contribution in [0.1, 0.15) is 26.3 Å². The first-order chi connectivity index (χ1) is 13.9. The van der Waals surface area contributed by atoms with Gasteiger partial charge in [-0.1, -0.05) is 6.07 Å². The molecule has 0 spiro atoms. The molecule has 29 heavy (non-hydrogen) atoms. The summed E-state index contributed by atoms with van der Waals surface area (Å²) < 4.78 is 17.2. The fourth-order valence-electron chi connectivity index (χ4n) is 2.54. The van der Waals surface area contributed by atoms with Crippen LogP contribution < -0.4 is 19.5 Å². The lowest BCUT2D eigenvalue weighted by Gasteiger charge is -2.13. The molecule has 0 unspecified atom stereocenters. The summed E-state index contributed by atoms with van der Waals surface area (Å²) in [6.07, 6.45) is 1.51. The fraction of sp³-hybridized carbons (Fsp3) is 0.273. The number of amides is 1. The average Bonchev–Trinajstić information content (AvgIpc) is 2.67. The summed E-state index contributed by atoms with van der Waals surface area (Å²) in [5.41, 5.74) is 1.12. The molecule has 0 atom stereocenters. The number of nitrogens with zero attached hydrogens (tertiary/aromatic N) is 1. The maximum absolute atomic E-state index is 12.6. The van der Waals surface area contributed by atoms with Gasteiger partial charge in [0.25, 0.3) is 5.91 Å². The lowest BCUT2D eigenvalue weighted by molar-refractivity contribution is -0.112. The number of ether oxygens (including phenoxy) is 3. The molecule has 0 aliphatic heterocycles. The van der Waals surface area contributed by atoms with E-state index in [9.17, 15) is 10.1 Å². The molecule has 2 rings (SSSR count). The van der Waals surface area contributed by atoms with Gasteiger partial charge in [0.05, 0.1) is 24.3 Å². The van der Waals surface area contributed by atoms with Gasteiger partial charge in [-0.05, 0) is 72.6 Å².